The highest BCUT2D eigenvalue weighted by Crippen LogP contribution is 2.10. The first-order valence-corrected chi connectivity index (χ1v) is 7.58. The third kappa shape index (κ3) is 4.13. The van der Waals surface area contributed by atoms with Gasteiger partial charge in [-0.3, -0.25) is 0 Å². The zero-order valence-corrected chi connectivity index (χ0v) is 11.6. The van der Waals surface area contributed by atoms with E-state index in [-0.39, 0.29) is 11.8 Å². The highest BCUT2D eigenvalue weighted by molar-refractivity contribution is 7.89. The summed E-state index contributed by atoms with van der Waals surface area (Å²) in [7, 11) is -1.48. The molecule has 0 unspecified atom stereocenters. The van der Waals surface area contributed by atoms with E-state index >= 15 is 0 Å². The normalized spacial score (nSPS) is 13.9. The molecule has 0 radical (unpaired) electrons. The quantitative estimate of drug-likeness (QED) is 0.782. The van der Waals surface area contributed by atoms with E-state index in [4.69, 9.17) is 0 Å². The second-order valence-corrected chi connectivity index (χ2v) is 6.47. The lowest BCUT2D eigenvalue weighted by Gasteiger charge is -2.23. The van der Waals surface area contributed by atoms with Gasteiger partial charge in [0.15, 0.2) is 0 Å². The Morgan fingerprint density at radius 3 is 2.35 bits per heavy atom. The van der Waals surface area contributed by atoms with Crippen molar-refractivity contribution in [3.63, 3.8) is 0 Å². The van der Waals surface area contributed by atoms with E-state index in [1.807, 2.05) is 44.2 Å². The fraction of sp³-hybridized carbons (Fsp3) is 0.538. The fourth-order valence-electron chi connectivity index (χ4n) is 1.57. The van der Waals surface area contributed by atoms with Crippen LogP contribution in [-0.2, 0) is 16.4 Å². The van der Waals surface area contributed by atoms with Gasteiger partial charge in [-0.2, -0.15) is 0 Å². The van der Waals surface area contributed by atoms with Gasteiger partial charge >= 0.3 is 0 Å². The molecule has 0 fully saturated rings. The summed E-state index contributed by atoms with van der Waals surface area (Å²) in [6, 6.07) is 9.78. The van der Waals surface area contributed by atoms with Crippen LogP contribution in [0.25, 0.3) is 0 Å². The van der Waals surface area contributed by atoms with Crippen LogP contribution in [-0.4, -0.2) is 31.6 Å². The Morgan fingerprint density at radius 1 is 1.24 bits per heavy atom. The number of sulfonamides is 1. The average molecular weight is 255 g/mol. The Morgan fingerprint density at radius 2 is 1.82 bits per heavy atom. The Bertz CT molecular complexity index is 428. The van der Waals surface area contributed by atoms with Crippen LogP contribution in [0, 0.1) is 0 Å². The van der Waals surface area contributed by atoms with Gasteiger partial charge in [0.1, 0.15) is 0 Å². The van der Waals surface area contributed by atoms with E-state index in [1.165, 1.54) is 4.31 Å². The maximum atomic E-state index is 12.0. The molecule has 4 heteroatoms. The fourth-order valence-corrected chi connectivity index (χ4v) is 3.05. The maximum Gasteiger partial charge on any atom is 0.214 e. The maximum absolute atomic E-state index is 12.0. The number of nitrogens with zero attached hydrogens (tertiary/aromatic N) is 1. The molecule has 0 spiro atoms. The predicted molar refractivity (Wildman–Crippen MR) is 71.4 cm³/mol. The zero-order valence-electron chi connectivity index (χ0n) is 10.8. The Kier molecular flexibility index (Phi) is 5.15. The summed E-state index contributed by atoms with van der Waals surface area (Å²) in [4.78, 5) is 0. The predicted octanol–water partition coefficient (Wildman–Crippen LogP) is 2.29. The van der Waals surface area contributed by atoms with Crippen LogP contribution in [0.2, 0.25) is 0 Å². The van der Waals surface area contributed by atoms with Crippen LogP contribution in [0.5, 0.6) is 0 Å². The van der Waals surface area contributed by atoms with Crippen molar-refractivity contribution in [3.05, 3.63) is 35.9 Å². The van der Waals surface area contributed by atoms with E-state index in [0.29, 0.717) is 6.42 Å². The standard InChI is InChI=1S/C13H21NO2S/c1-4-12(2)14(3)17(15,16)11-10-13-8-6-5-7-9-13/h5-9,12H,4,10-11H2,1-3H3/t12-/m1/s1. The summed E-state index contributed by atoms with van der Waals surface area (Å²) in [6.07, 6.45) is 1.41. The zero-order chi connectivity index (χ0) is 12.9. The van der Waals surface area contributed by atoms with Crippen molar-refractivity contribution < 1.29 is 8.42 Å². The molecule has 1 aromatic rings. The molecule has 3 nitrogen and oxygen atoms in total. The molecule has 0 saturated carbocycles. The number of benzene rings is 1. The van der Waals surface area contributed by atoms with E-state index in [1.54, 1.807) is 7.05 Å². The van der Waals surface area contributed by atoms with Crippen LogP contribution in [0.3, 0.4) is 0 Å². The SMILES string of the molecule is CC[C@@H](C)N(C)S(=O)(=O)CCc1ccccc1. The lowest BCUT2D eigenvalue weighted by molar-refractivity contribution is 0.380. The number of rotatable bonds is 6. The van der Waals surface area contributed by atoms with Crippen LogP contribution < -0.4 is 0 Å². The number of hydrogen-bond donors (Lipinski definition) is 0. The van der Waals surface area contributed by atoms with Crippen molar-refractivity contribution in [2.75, 3.05) is 12.8 Å². The molecule has 0 aliphatic rings. The minimum Gasteiger partial charge on any atom is -0.212 e. The first-order chi connectivity index (χ1) is 7.97. The first kappa shape index (κ1) is 14.2. The number of aryl methyl sites for hydroxylation is 1. The highest BCUT2D eigenvalue weighted by Gasteiger charge is 2.21. The summed E-state index contributed by atoms with van der Waals surface area (Å²) < 4.78 is 25.5. The van der Waals surface area contributed by atoms with E-state index in [0.717, 1.165) is 12.0 Å². The van der Waals surface area contributed by atoms with Crippen molar-refractivity contribution in [2.45, 2.75) is 32.7 Å². The van der Waals surface area contributed by atoms with Gasteiger partial charge in [-0.15, -0.1) is 0 Å². The summed E-state index contributed by atoms with van der Waals surface area (Å²) in [5.74, 6) is 0.178. The molecular formula is C13H21NO2S. The molecule has 0 aromatic heterocycles. The summed E-state index contributed by atoms with van der Waals surface area (Å²) >= 11 is 0. The van der Waals surface area contributed by atoms with Gasteiger partial charge in [-0.05, 0) is 25.3 Å². The van der Waals surface area contributed by atoms with Crippen LogP contribution in [0.4, 0.5) is 0 Å². The van der Waals surface area contributed by atoms with Crippen LogP contribution >= 0.6 is 0 Å². The van der Waals surface area contributed by atoms with Gasteiger partial charge in [0.2, 0.25) is 10.0 Å². The van der Waals surface area contributed by atoms with Crippen LogP contribution in [0.1, 0.15) is 25.8 Å². The Labute approximate surface area is 105 Å². The molecule has 1 aromatic carbocycles. The van der Waals surface area contributed by atoms with Crippen molar-refractivity contribution in [2.24, 2.45) is 0 Å². The smallest absolute Gasteiger partial charge is 0.212 e. The van der Waals surface area contributed by atoms with Gasteiger partial charge in [0.25, 0.3) is 0 Å². The van der Waals surface area contributed by atoms with Crippen molar-refractivity contribution in [1.82, 2.24) is 4.31 Å². The molecule has 1 atom stereocenters. The van der Waals surface area contributed by atoms with Gasteiger partial charge in [0, 0.05) is 13.1 Å². The molecule has 0 bridgehead atoms. The lowest BCUT2D eigenvalue weighted by atomic mass is 10.2. The Balaban J connectivity index is 2.62. The lowest BCUT2D eigenvalue weighted by Crippen LogP contribution is -2.36. The molecule has 0 aliphatic carbocycles. The minimum atomic E-state index is -3.14. The Hall–Kier alpha value is -0.870. The van der Waals surface area contributed by atoms with Gasteiger partial charge < -0.3 is 0 Å². The summed E-state index contributed by atoms with van der Waals surface area (Å²) in [5.41, 5.74) is 1.06. The molecular weight excluding hydrogens is 234 g/mol. The van der Waals surface area contributed by atoms with E-state index < -0.39 is 10.0 Å². The molecule has 0 heterocycles. The molecule has 17 heavy (non-hydrogen) atoms. The summed E-state index contributed by atoms with van der Waals surface area (Å²) in [6.45, 7) is 3.92. The van der Waals surface area contributed by atoms with E-state index in [2.05, 4.69) is 0 Å². The molecule has 96 valence electrons. The van der Waals surface area contributed by atoms with E-state index in [9.17, 15) is 8.42 Å². The van der Waals surface area contributed by atoms with Crippen molar-refractivity contribution >= 4 is 10.0 Å². The average Bonchev–Trinajstić information content (AvgIpc) is 2.36. The molecule has 0 amide bonds. The van der Waals surface area contributed by atoms with Crippen molar-refractivity contribution in [1.29, 1.82) is 0 Å². The van der Waals surface area contributed by atoms with Crippen molar-refractivity contribution in [3.8, 4) is 0 Å². The monoisotopic (exact) mass is 255 g/mol. The first-order valence-electron chi connectivity index (χ1n) is 5.97. The third-order valence-electron chi connectivity index (χ3n) is 3.14. The number of hydrogen-bond acceptors (Lipinski definition) is 2. The molecule has 0 saturated heterocycles. The molecule has 0 aliphatic heterocycles. The van der Waals surface area contributed by atoms with Crippen LogP contribution in [0.15, 0.2) is 30.3 Å². The topological polar surface area (TPSA) is 37.4 Å². The largest absolute Gasteiger partial charge is 0.214 e. The second kappa shape index (κ2) is 6.17. The van der Waals surface area contributed by atoms with Gasteiger partial charge in [0.05, 0.1) is 5.75 Å². The second-order valence-electron chi connectivity index (χ2n) is 4.33. The minimum absolute atomic E-state index is 0.0655. The van der Waals surface area contributed by atoms with Gasteiger partial charge in [-0.25, -0.2) is 12.7 Å². The van der Waals surface area contributed by atoms with Gasteiger partial charge in [-0.1, -0.05) is 37.3 Å². The molecule has 1 rings (SSSR count). The highest BCUT2D eigenvalue weighted by atomic mass is 32.2. The third-order valence-corrected chi connectivity index (χ3v) is 5.10. The molecule has 0 N–H and O–H groups in total. The summed E-state index contributed by atoms with van der Waals surface area (Å²) in [5, 5.41) is 0.